The molecule has 0 aliphatic heterocycles. The van der Waals surface area contributed by atoms with Gasteiger partial charge in [0.1, 0.15) is 5.82 Å². The summed E-state index contributed by atoms with van der Waals surface area (Å²) in [4.78, 5) is 13.7. The topological polar surface area (TPSA) is 20.3 Å². The number of amides is 1. The van der Waals surface area contributed by atoms with Crippen molar-refractivity contribution in [3.63, 3.8) is 0 Å². The lowest BCUT2D eigenvalue weighted by molar-refractivity contribution is -0.131. The van der Waals surface area contributed by atoms with Crippen LogP contribution in [0, 0.1) is 5.82 Å². The van der Waals surface area contributed by atoms with Gasteiger partial charge in [-0.25, -0.2) is 4.39 Å². The third kappa shape index (κ3) is 3.84. The molecule has 0 fully saturated rings. The number of halogens is 1. The largest absolute Gasteiger partial charge is 0.343 e. The molecule has 1 aromatic rings. The van der Waals surface area contributed by atoms with Crippen LogP contribution < -0.4 is 0 Å². The minimum atomic E-state index is -0.240. The molecule has 94 valence electrons. The maximum atomic E-state index is 12.8. The van der Waals surface area contributed by atoms with Crippen molar-refractivity contribution in [3.8, 4) is 0 Å². The fraction of sp³-hybridized carbons (Fsp3) is 0.500. The molecule has 0 saturated heterocycles. The summed E-state index contributed by atoms with van der Waals surface area (Å²) in [5.41, 5.74) is 1.01. The number of rotatable bonds is 5. The minimum absolute atomic E-state index is 0.128. The number of hydrogen-bond acceptors (Lipinski definition) is 1. The highest BCUT2D eigenvalue weighted by molar-refractivity contribution is 5.77. The van der Waals surface area contributed by atoms with Crippen LogP contribution in [0.3, 0.4) is 0 Å². The summed E-state index contributed by atoms with van der Waals surface area (Å²) in [7, 11) is 0. The molecule has 0 spiro atoms. The molecule has 0 heterocycles. The number of carbonyl (C=O) groups is 1. The molecule has 0 N–H and O–H groups in total. The van der Waals surface area contributed by atoms with Crippen molar-refractivity contribution in [1.29, 1.82) is 0 Å². The van der Waals surface area contributed by atoms with Crippen molar-refractivity contribution < 1.29 is 9.18 Å². The second-order valence-corrected chi connectivity index (χ2v) is 4.22. The van der Waals surface area contributed by atoms with Gasteiger partial charge in [0, 0.05) is 19.5 Å². The van der Waals surface area contributed by atoms with E-state index in [2.05, 4.69) is 0 Å². The quantitative estimate of drug-likeness (QED) is 0.770. The van der Waals surface area contributed by atoms with Gasteiger partial charge in [0.05, 0.1) is 0 Å². The summed E-state index contributed by atoms with van der Waals surface area (Å²) in [6.45, 7) is 7.43. The Morgan fingerprint density at radius 1 is 1.24 bits per heavy atom. The third-order valence-corrected chi connectivity index (χ3v) is 3.04. The summed E-state index contributed by atoms with van der Waals surface area (Å²) in [6.07, 6.45) is 0.479. The molecule has 0 aliphatic carbocycles. The van der Waals surface area contributed by atoms with Gasteiger partial charge in [0.25, 0.3) is 0 Å². The molecule has 1 amide bonds. The molecular weight excluding hydrogens is 217 g/mol. The van der Waals surface area contributed by atoms with E-state index in [9.17, 15) is 9.18 Å². The van der Waals surface area contributed by atoms with Gasteiger partial charge in [-0.15, -0.1) is 0 Å². The lowest BCUT2D eigenvalue weighted by atomic mass is 9.97. The Bertz CT molecular complexity index is 357. The highest BCUT2D eigenvalue weighted by Crippen LogP contribution is 2.20. The van der Waals surface area contributed by atoms with Crippen LogP contribution in [-0.4, -0.2) is 23.9 Å². The van der Waals surface area contributed by atoms with Gasteiger partial charge in [-0.1, -0.05) is 19.1 Å². The Morgan fingerprint density at radius 3 is 2.24 bits per heavy atom. The molecule has 1 rings (SSSR count). The van der Waals surface area contributed by atoms with Crippen molar-refractivity contribution in [1.82, 2.24) is 4.90 Å². The lowest BCUT2D eigenvalue weighted by Crippen LogP contribution is -2.31. The molecule has 1 aromatic carbocycles. The molecule has 0 aromatic heterocycles. The molecule has 0 saturated carbocycles. The Hall–Kier alpha value is -1.38. The molecule has 17 heavy (non-hydrogen) atoms. The van der Waals surface area contributed by atoms with Crippen LogP contribution in [0.4, 0.5) is 4.39 Å². The van der Waals surface area contributed by atoms with Gasteiger partial charge in [-0.3, -0.25) is 4.79 Å². The van der Waals surface area contributed by atoms with Crippen molar-refractivity contribution in [2.75, 3.05) is 13.1 Å². The Labute approximate surface area is 102 Å². The highest BCUT2D eigenvalue weighted by Gasteiger charge is 2.15. The number of hydrogen-bond donors (Lipinski definition) is 0. The fourth-order valence-corrected chi connectivity index (χ4v) is 1.88. The molecular formula is C14H20FNO. The summed E-state index contributed by atoms with van der Waals surface area (Å²) in [5.74, 6) is 0.0477. The Morgan fingerprint density at radius 2 is 1.76 bits per heavy atom. The maximum Gasteiger partial charge on any atom is 0.223 e. The van der Waals surface area contributed by atoms with Crippen LogP contribution in [0.2, 0.25) is 0 Å². The monoisotopic (exact) mass is 237 g/mol. The van der Waals surface area contributed by atoms with Gasteiger partial charge in [0.2, 0.25) is 5.91 Å². The first-order valence-electron chi connectivity index (χ1n) is 6.11. The van der Waals surface area contributed by atoms with E-state index in [1.54, 1.807) is 12.1 Å². The molecule has 2 nitrogen and oxygen atoms in total. The first-order valence-corrected chi connectivity index (χ1v) is 6.11. The SMILES string of the molecule is CCN(CC)C(=O)CC(C)c1ccc(F)cc1. The smallest absolute Gasteiger partial charge is 0.223 e. The van der Waals surface area contributed by atoms with Crippen LogP contribution >= 0.6 is 0 Å². The average Bonchev–Trinajstić information content (AvgIpc) is 2.31. The second-order valence-electron chi connectivity index (χ2n) is 4.22. The average molecular weight is 237 g/mol. The minimum Gasteiger partial charge on any atom is -0.343 e. The first-order chi connectivity index (χ1) is 8.08. The van der Waals surface area contributed by atoms with E-state index in [0.717, 1.165) is 18.7 Å². The van der Waals surface area contributed by atoms with Crippen molar-refractivity contribution in [2.24, 2.45) is 0 Å². The molecule has 0 bridgehead atoms. The maximum absolute atomic E-state index is 12.8. The van der Waals surface area contributed by atoms with Crippen LogP contribution in [-0.2, 0) is 4.79 Å². The van der Waals surface area contributed by atoms with Gasteiger partial charge in [-0.05, 0) is 37.5 Å². The Balaban J connectivity index is 2.62. The van der Waals surface area contributed by atoms with Crippen molar-refractivity contribution in [2.45, 2.75) is 33.1 Å². The molecule has 3 heteroatoms. The van der Waals surface area contributed by atoms with E-state index in [1.165, 1.54) is 12.1 Å². The van der Waals surface area contributed by atoms with Gasteiger partial charge in [0.15, 0.2) is 0 Å². The summed E-state index contributed by atoms with van der Waals surface area (Å²) < 4.78 is 12.8. The fourth-order valence-electron chi connectivity index (χ4n) is 1.88. The molecule has 1 atom stereocenters. The van der Waals surface area contributed by atoms with E-state index in [0.29, 0.717) is 6.42 Å². The highest BCUT2D eigenvalue weighted by atomic mass is 19.1. The summed E-state index contributed by atoms with van der Waals surface area (Å²) in [5, 5.41) is 0. The van der Waals surface area contributed by atoms with Gasteiger partial charge in [-0.2, -0.15) is 0 Å². The standard InChI is InChI=1S/C14H20FNO/c1-4-16(5-2)14(17)10-11(3)12-6-8-13(15)9-7-12/h6-9,11H,4-5,10H2,1-3H3. The molecule has 1 unspecified atom stereocenters. The van der Waals surface area contributed by atoms with Crippen LogP contribution in [0.15, 0.2) is 24.3 Å². The van der Waals surface area contributed by atoms with E-state index in [4.69, 9.17) is 0 Å². The Kier molecular flexibility index (Phi) is 5.13. The molecule has 0 aliphatic rings. The van der Waals surface area contributed by atoms with Gasteiger partial charge < -0.3 is 4.90 Å². The number of nitrogens with zero attached hydrogens (tertiary/aromatic N) is 1. The zero-order valence-electron chi connectivity index (χ0n) is 10.7. The normalized spacial score (nSPS) is 12.2. The zero-order valence-corrected chi connectivity index (χ0v) is 10.7. The van der Waals surface area contributed by atoms with E-state index < -0.39 is 0 Å². The van der Waals surface area contributed by atoms with E-state index >= 15 is 0 Å². The number of benzene rings is 1. The van der Waals surface area contributed by atoms with Crippen molar-refractivity contribution in [3.05, 3.63) is 35.6 Å². The van der Waals surface area contributed by atoms with Gasteiger partial charge >= 0.3 is 0 Å². The zero-order chi connectivity index (χ0) is 12.8. The van der Waals surface area contributed by atoms with Crippen LogP contribution in [0.1, 0.15) is 38.7 Å². The summed E-state index contributed by atoms with van der Waals surface area (Å²) in [6, 6.07) is 6.37. The third-order valence-electron chi connectivity index (χ3n) is 3.04. The predicted octanol–water partition coefficient (Wildman–Crippen LogP) is 3.19. The van der Waals surface area contributed by atoms with E-state index in [-0.39, 0.29) is 17.6 Å². The second kappa shape index (κ2) is 6.38. The van der Waals surface area contributed by atoms with E-state index in [1.807, 2.05) is 25.7 Å². The van der Waals surface area contributed by atoms with Crippen molar-refractivity contribution >= 4 is 5.91 Å². The number of carbonyl (C=O) groups excluding carboxylic acids is 1. The van der Waals surface area contributed by atoms with Crippen LogP contribution in [0.25, 0.3) is 0 Å². The summed E-state index contributed by atoms with van der Waals surface area (Å²) >= 11 is 0. The van der Waals surface area contributed by atoms with Crippen LogP contribution in [0.5, 0.6) is 0 Å². The molecule has 0 radical (unpaired) electrons. The first kappa shape index (κ1) is 13.7. The lowest BCUT2D eigenvalue weighted by Gasteiger charge is -2.21. The predicted molar refractivity (Wildman–Crippen MR) is 67.4 cm³/mol.